The molecule has 0 fully saturated rings. The maximum absolute atomic E-state index is 11.6. The van der Waals surface area contributed by atoms with Crippen LogP contribution in [0.3, 0.4) is 0 Å². The number of carbonyl (C=O) groups excluding carboxylic acids is 1. The van der Waals surface area contributed by atoms with Gasteiger partial charge in [0.2, 0.25) is 5.91 Å². The minimum Gasteiger partial charge on any atom is -0.384 e. The van der Waals surface area contributed by atoms with Crippen molar-refractivity contribution in [1.29, 1.82) is 0 Å². The summed E-state index contributed by atoms with van der Waals surface area (Å²) >= 11 is 1.55. The van der Waals surface area contributed by atoms with Gasteiger partial charge < -0.3 is 15.2 Å². The Morgan fingerprint density at radius 1 is 1.63 bits per heavy atom. The van der Waals surface area contributed by atoms with Crippen molar-refractivity contribution in [2.75, 3.05) is 13.7 Å². The lowest BCUT2D eigenvalue weighted by atomic mass is 10.2. The molecule has 0 saturated heterocycles. The number of aliphatic hydroxyl groups excluding tert-OH is 1. The van der Waals surface area contributed by atoms with Gasteiger partial charge >= 0.3 is 0 Å². The SMILES string of the molecule is COC(C)CCC(=O)NCc1cc(C#CCO)cs1. The van der Waals surface area contributed by atoms with Crippen molar-refractivity contribution in [1.82, 2.24) is 5.32 Å². The van der Waals surface area contributed by atoms with Gasteiger partial charge in [0.25, 0.3) is 0 Å². The van der Waals surface area contributed by atoms with Crippen molar-refractivity contribution in [3.05, 3.63) is 21.9 Å². The number of amides is 1. The highest BCUT2D eigenvalue weighted by atomic mass is 32.1. The minimum absolute atomic E-state index is 0.0280. The number of thiophene rings is 1. The molecule has 2 N–H and O–H groups in total. The van der Waals surface area contributed by atoms with E-state index in [0.717, 1.165) is 16.9 Å². The topological polar surface area (TPSA) is 58.6 Å². The van der Waals surface area contributed by atoms with Crippen LogP contribution in [0.2, 0.25) is 0 Å². The highest BCUT2D eigenvalue weighted by molar-refractivity contribution is 7.10. The van der Waals surface area contributed by atoms with E-state index in [1.165, 1.54) is 0 Å². The number of hydrogen-bond acceptors (Lipinski definition) is 4. The fraction of sp³-hybridized carbons (Fsp3) is 0.500. The second kappa shape index (κ2) is 8.70. The Labute approximate surface area is 117 Å². The number of methoxy groups -OCH3 is 1. The fourth-order valence-electron chi connectivity index (χ4n) is 1.41. The molecule has 0 aliphatic heterocycles. The lowest BCUT2D eigenvalue weighted by molar-refractivity contribution is -0.121. The van der Waals surface area contributed by atoms with E-state index in [0.29, 0.717) is 13.0 Å². The second-order valence-corrected chi connectivity index (χ2v) is 5.12. The van der Waals surface area contributed by atoms with E-state index in [1.807, 2.05) is 18.4 Å². The molecule has 19 heavy (non-hydrogen) atoms. The highest BCUT2D eigenvalue weighted by Gasteiger charge is 2.06. The van der Waals surface area contributed by atoms with Gasteiger partial charge in [0.05, 0.1) is 12.6 Å². The summed E-state index contributed by atoms with van der Waals surface area (Å²) in [6.45, 7) is 2.32. The summed E-state index contributed by atoms with van der Waals surface area (Å²) in [7, 11) is 1.64. The predicted octanol–water partition coefficient (Wildman–Crippen LogP) is 1.52. The third kappa shape index (κ3) is 6.39. The molecule has 0 aliphatic rings. The first-order chi connectivity index (χ1) is 9.15. The van der Waals surface area contributed by atoms with Crippen LogP contribution in [0.4, 0.5) is 0 Å². The van der Waals surface area contributed by atoms with Gasteiger partial charge in [0.15, 0.2) is 0 Å². The molecule has 1 rings (SSSR count). The highest BCUT2D eigenvalue weighted by Crippen LogP contribution is 2.13. The Kier molecular flexibility index (Phi) is 7.19. The fourth-order valence-corrected chi connectivity index (χ4v) is 2.16. The zero-order valence-corrected chi connectivity index (χ0v) is 12.0. The summed E-state index contributed by atoms with van der Waals surface area (Å²) in [6, 6.07) is 1.92. The van der Waals surface area contributed by atoms with E-state index < -0.39 is 0 Å². The maximum atomic E-state index is 11.6. The van der Waals surface area contributed by atoms with Crippen LogP contribution in [0.1, 0.15) is 30.2 Å². The molecule has 1 unspecified atom stereocenters. The van der Waals surface area contributed by atoms with Crippen LogP contribution in [0, 0.1) is 11.8 Å². The number of aliphatic hydroxyl groups is 1. The number of ether oxygens (including phenoxy) is 1. The maximum Gasteiger partial charge on any atom is 0.220 e. The monoisotopic (exact) mass is 281 g/mol. The van der Waals surface area contributed by atoms with E-state index in [-0.39, 0.29) is 18.6 Å². The lowest BCUT2D eigenvalue weighted by Gasteiger charge is -2.08. The van der Waals surface area contributed by atoms with Gasteiger partial charge in [-0.05, 0) is 19.4 Å². The van der Waals surface area contributed by atoms with Crippen LogP contribution in [-0.2, 0) is 16.1 Å². The third-order valence-electron chi connectivity index (χ3n) is 2.61. The Bertz CT molecular complexity index is 459. The van der Waals surface area contributed by atoms with Gasteiger partial charge in [-0.3, -0.25) is 4.79 Å². The first kappa shape index (κ1) is 15.7. The first-order valence-electron chi connectivity index (χ1n) is 6.12. The molecular formula is C14H19NO3S. The summed E-state index contributed by atoms with van der Waals surface area (Å²) < 4.78 is 5.09. The van der Waals surface area contributed by atoms with Crippen molar-refractivity contribution >= 4 is 17.2 Å². The van der Waals surface area contributed by atoms with Gasteiger partial charge in [-0.25, -0.2) is 0 Å². The van der Waals surface area contributed by atoms with Gasteiger partial charge in [-0.2, -0.15) is 0 Å². The van der Waals surface area contributed by atoms with E-state index >= 15 is 0 Å². The van der Waals surface area contributed by atoms with E-state index in [4.69, 9.17) is 9.84 Å². The zero-order valence-electron chi connectivity index (χ0n) is 11.2. The zero-order chi connectivity index (χ0) is 14.1. The van der Waals surface area contributed by atoms with Crippen LogP contribution in [0.15, 0.2) is 11.4 Å². The Balaban J connectivity index is 2.32. The van der Waals surface area contributed by atoms with Crippen molar-refractivity contribution in [3.8, 4) is 11.8 Å². The van der Waals surface area contributed by atoms with Crippen LogP contribution < -0.4 is 5.32 Å². The summed E-state index contributed by atoms with van der Waals surface area (Å²) in [5.74, 6) is 5.45. The molecule has 0 bridgehead atoms. The van der Waals surface area contributed by atoms with Crippen LogP contribution in [0.25, 0.3) is 0 Å². The summed E-state index contributed by atoms with van der Waals surface area (Å²) in [6.07, 6.45) is 1.30. The summed E-state index contributed by atoms with van der Waals surface area (Å²) in [5.41, 5.74) is 0.872. The quantitative estimate of drug-likeness (QED) is 0.777. The molecule has 0 aromatic carbocycles. The van der Waals surface area contributed by atoms with Crippen molar-refractivity contribution < 1.29 is 14.6 Å². The molecule has 1 heterocycles. The average Bonchev–Trinajstić information content (AvgIpc) is 2.88. The number of rotatable bonds is 6. The van der Waals surface area contributed by atoms with Crippen molar-refractivity contribution in [2.24, 2.45) is 0 Å². The summed E-state index contributed by atoms with van der Waals surface area (Å²) in [5, 5.41) is 13.4. The van der Waals surface area contributed by atoms with E-state index in [2.05, 4.69) is 17.2 Å². The predicted molar refractivity (Wildman–Crippen MR) is 75.8 cm³/mol. The van der Waals surface area contributed by atoms with Crippen molar-refractivity contribution in [2.45, 2.75) is 32.4 Å². The van der Waals surface area contributed by atoms with E-state index in [9.17, 15) is 4.79 Å². The Morgan fingerprint density at radius 3 is 3.11 bits per heavy atom. The molecular weight excluding hydrogens is 262 g/mol. The molecule has 0 spiro atoms. The smallest absolute Gasteiger partial charge is 0.220 e. The van der Waals surface area contributed by atoms with Crippen LogP contribution >= 0.6 is 11.3 Å². The van der Waals surface area contributed by atoms with Crippen LogP contribution in [-0.4, -0.2) is 30.8 Å². The average molecular weight is 281 g/mol. The van der Waals surface area contributed by atoms with Gasteiger partial charge in [-0.1, -0.05) is 11.8 Å². The standard InChI is InChI=1S/C14H19NO3S/c1-11(18-2)5-6-14(17)15-9-13-8-12(10-19-13)4-3-7-16/h8,10-11,16H,5-7,9H2,1-2H3,(H,15,17). The second-order valence-electron chi connectivity index (χ2n) is 4.12. The lowest BCUT2D eigenvalue weighted by Crippen LogP contribution is -2.23. The number of carbonyl (C=O) groups is 1. The number of nitrogens with one attached hydrogen (secondary N) is 1. The van der Waals surface area contributed by atoms with Crippen LogP contribution in [0.5, 0.6) is 0 Å². The molecule has 104 valence electrons. The molecule has 0 saturated carbocycles. The van der Waals surface area contributed by atoms with Gasteiger partial charge in [0, 0.05) is 29.4 Å². The molecule has 1 amide bonds. The molecule has 0 radical (unpaired) electrons. The molecule has 1 aromatic heterocycles. The van der Waals surface area contributed by atoms with E-state index in [1.54, 1.807) is 18.4 Å². The van der Waals surface area contributed by atoms with Crippen molar-refractivity contribution in [3.63, 3.8) is 0 Å². The number of hydrogen-bond donors (Lipinski definition) is 2. The molecule has 0 aliphatic carbocycles. The molecule has 1 atom stereocenters. The normalized spacial score (nSPS) is 11.5. The minimum atomic E-state index is -0.139. The molecule has 1 aromatic rings. The van der Waals surface area contributed by atoms with Gasteiger partial charge in [0.1, 0.15) is 6.61 Å². The molecule has 5 heteroatoms. The Morgan fingerprint density at radius 2 is 2.42 bits per heavy atom. The largest absolute Gasteiger partial charge is 0.384 e. The van der Waals surface area contributed by atoms with Gasteiger partial charge in [-0.15, -0.1) is 11.3 Å². The third-order valence-corrected chi connectivity index (χ3v) is 3.54. The summed E-state index contributed by atoms with van der Waals surface area (Å²) in [4.78, 5) is 12.6. The Hall–Kier alpha value is -1.35. The first-order valence-corrected chi connectivity index (χ1v) is 7.00. The molecule has 4 nitrogen and oxygen atoms in total.